The van der Waals surface area contributed by atoms with Gasteiger partial charge < -0.3 is 5.32 Å². The van der Waals surface area contributed by atoms with E-state index in [-0.39, 0.29) is 0 Å². The maximum atomic E-state index is 3.59. The van der Waals surface area contributed by atoms with Crippen LogP contribution < -0.4 is 5.32 Å². The van der Waals surface area contributed by atoms with Gasteiger partial charge in [0.15, 0.2) is 0 Å². The molecule has 0 bridgehead atoms. The van der Waals surface area contributed by atoms with Gasteiger partial charge in [-0.15, -0.1) is 0 Å². The molecule has 0 unspecified atom stereocenters. The van der Waals surface area contributed by atoms with Crippen LogP contribution in [0.25, 0.3) is 0 Å². The average Bonchev–Trinajstić information content (AvgIpc) is 2.34. The van der Waals surface area contributed by atoms with E-state index in [1.807, 2.05) is 0 Å². The van der Waals surface area contributed by atoms with Gasteiger partial charge in [0.25, 0.3) is 0 Å². The molecule has 0 aromatic rings. The van der Waals surface area contributed by atoms with Gasteiger partial charge in [-0.05, 0) is 25.7 Å². The minimum absolute atomic E-state index is 0.829. The third-order valence-electron chi connectivity index (χ3n) is 2.32. The molecular formula is C8H17N. The van der Waals surface area contributed by atoms with Gasteiger partial charge in [0.1, 0.15) is 0 Å². The number of hydrogen-bond acceptors (Lipinski definition) is 1. The summed E-state index contributed by atoms with van der Waals surface area (Å²) in [5.41, 5.74) is 0. The minimum Gasteiger partial charge on any atom is -0.311 e. The molecule has 0 aliphatic carbocycles. The fourth-order valence-electron chi connectivity index (χ4n) is 1.55. The third-order valence-corrected chi connectivity index (χ3v) is 2.32. The molecule has 1 aliphatic heterocycles. The normalized spacial score (nSPS) is 35.3. The molecule has 0 aromatic carbocycles. The summed E-state index contributed by atoms with van der Waals surface area (Å²) in [4.78, 5) is 0. The van der Waals surface area contributed by atoms with Crippen molar-refractivity contribution < 1.29 is 0 Å². The first-order chi connectivity index (χ1) is 4.36. The Morgan fingerprint density at radius 3 is 1.78 bits per heavy atom. The van der Waals surface area contributed by atoms with E-state index in [1.54, 1.807) is 0 Å². The third kappa shape index (κ3) is 1.68. The van der Waals surface area contributed by atoms with Crippen molar-refractivity contribution in [3.8, 4) is 0 Å². The van der Waals surface area contributed by atoms with Gasteiger partial charge in [0, 0.05) is 12.1 Å². The lowest BCUT2D eigenvalue weighted by atomic mass is 10.1. The van der Waals surface area contributed by atoms with Gasteiger partial charge in [-0.25, -0.2) is 0 Å². The summed E-state index contributed by atoms with van der Waals surface area (Å²) in [6.45, 7) is 4.52. The van der Waals surface area contributed by atoms with E-state index >= 15 is 0 Å². The molecule has 1 fully saturated rings. The highest BCUT2D eigenvalue weighted by molar-refractivity contribution is 4.80. The van der Waals surface area contributed by atoms with Gasteiger partial charge in [-0.2, -0.15) is 0 Å². The van der Waals surface area contributed by atoms with Crippen LogP contribution in [0.1, 0.15) is 39.5 Å². The molecule has 1 aliphatic rings. The quantitative estimate of drug-likeness (QED) is 0.597. The summed E-state index contributed by atoms with van der Waals surface area (Å²) in [6.07, 6.45) is 5.40. The predicted octanol–water partition coefficient (Wildman–Crippen LogP) is 1.93. The molecule has 9 heavy (non-hydrogen) atoms. The lowest BCUT2D eigenvalue weighted by Crippen LogP contribution is -2.27. The number of nitrogens with one attached hydrogen (secondary N) is 1. The molecule has 1 rings (SSSR count). The Bertz CT molecular complexity index is 70.6. The SMILES string of the molecule is CC[C@@H]1CC[C@H](CC)N1. The van der Waals surface area contributed by atoms with Crippen LogP contribution in [0.2, 0.25) is 0 Å². The molecule has 1 nitrogen and oxygen atoms in total. The summed E-state index contributed by atoms with van der Waals surface area (Å²) >= 11 is 0. The molecule has 0 aromatic heterocycles. The highest BCUT2D eigenvalue weighted by Crippen LogP contribution is 2.16. The van der Waals surface area contributed by atoms with Crippen molar-refractivity contribution in [2.75, 3.05) is 0 Å². The summed E-state index contributed by atoms with van der Waals surface area (Å²) in [6, 6.07) is 1.66. The van der Waals surface area contributed by atoms with E-state index < -0.39 is 0 Å². The topological polar surface area (TPSA) is 12.0 Å². The molecule has 1 N–H and O–H groups in total. The van der Waals surface area contributed by atoms with Crippen LogP contribution in [0, 0.1) is 0 Å². The lowest BCUT2D eigenvalue weighted by Gasteiger charge is -2.09. The summed E-state index contributed by atoms with van der Waals surface area (Å²) in [5.74, 6) is 0. The first-order valence-electron chi connectivity index (χ1n) is 4.12. The smallest absolute Gasteiger partial charge is 0.00676 e. The van der Waals surface area contributed by atoms with Gasteiger partial charge in [-0.1, -0.05) is 13.8 Å². The van der Waals surface area contributed by atoms with Crippen molar-refractivity contribution in [1.82, 2.24) is 5.32 Å². The van der Waals surface area contributed by atoms with E-state index in [1.165, 1.54) is 25.7 Å². The molecule has 1 heterocycles. The molecule has 0 spiro atoms. The largest absolute Gasteiger partial charge is 0.311 e. The Labute approximate surface area is 57.8 Å². The number of rotatable bonds is 2. The first kappa shape index (κ1) is 7.07. The lowest BCUT2D eigenvalue weighted by molar-refractivity contribution is 0.517. The molecule has 2 atom stereocenters. The standard InChI is InChI=1S/C8H17N/c1-3-7-5-6-8(4-2)9-7/h7-9H,3-6H2,1-2H3/t7-,8+. The first-order valence-corrected chi connectivity index (χ1v) is 4.12. The van der Waals surface area contributed by atoms with Crippen molar-refractivity contribution in [1.29, 1.82) is 0 Å². The van der Waals surface area contributed by atoms with Crippen LogP contribution in [-0.2, 0) is 0 Å². The second-order valence-corrected chi connectivity index (χ2v) is 2.95. The van der Waals surface area contributed by atoms with Crippen molar-refractivity contribution in [3.63, 3.8) is 0 Å². The van der Waals surface area contributed by atoms with E-state index in [9.17, 15) is 0 Å². The summed E-state index contributed by atoms with van der Waals surface area (Å²) in [7, 11) is 0. The van der Waals surface area contributed by atoms with Crippen LogP contribution in [0.3, 0.4) is 0 Å². The second kappa shape index (κ2) is 3.21. The zero-order valence-corrected chi connectivity index (χ0v) is 6.48. The molecular weight excluding hydrogens is 110 g/mol. The fourth-order valence-corrected chi connectivity index (χ4v) is 1.55. The van der Waals surface area contributed by atoms with Crippen LogP contribution in [0.15, 0.2) is 0 Å². The average molecular weight is 127 g/mol. The summed E-state index contributed by atoms with van der Waals surface area (Å²) in [5, 5.41) is 3.59. The van der Waals surface area contributed by atoms with E-state index in [0.29, 0.717) is 0 Å². The Morgan fingerprint density at radius 2 is 1.56 bits per heavy atom. The maximum Gasteiger partial charge on any atom is 0.00676 e. The molecule has 0 saturated carbocycles. The molecule has 0 amide bonds. The zero-order chi connectivity index (χ0) is 6.69. The monoisotopic (exact) mass is 127 g/mol. The Kier molecular flexibility index (Phi) is 2.52. The van der Waals surface area contributed by atoms with E-state index in [4.69, 9.17) is 0 Å². The summed E-state index contributed by atoms with van der Waals surface area (Å²) < 4.78 is 0. The van der Waals surface area contributed by atoms with E-state index in [2.05, 4.69) is 19.2 Å². The van der Waals surface area contributed by atoms with Crippen LogP contribution in [0.4, 0.5) is 0 Å². The van der Waals surface area contributed by atoms with Crippen molar-refractivity contribution in [2.24, 2.45) is 0 Å². The highest BCUT2D eigenvalue weighted by Gasteiger charge is 2.19. The Hall–Kier alpha value is -0.0400. The molecule has 0 radical (unpaired) electrons. The Morgan fingerprint density at radius 1 is 1.11 bits per heavy atom. The van der Waals surface area contributed by atoms with Gasteiger partial charge in [0.05, 0.1) is 0 Å². The van der Waals surface area contributed by atoms with Crippen molar-refractivity contribution in [2.45, 2.75) is 51.6 Å². The minimum atomic E-state index is 0.829. The van der Waals surface area contributed by atoms with Crippen LogP contribution in [-0.4, -0.2) is 12.1 Å². The highest BCUT2D eigenvalue weighted by atomic mass is 15.0. The molecule has 1 heteroatoms. The fraction of sp³-hybridized carbons (Fsp3) is 1.00. The van der Waals surface area contributed by atoms with Crippen molar-refractivity contribution >= 4 is 0 Å². The van der Waals surface area contributed by atoms with Gasteiger partial charge >= 0.3 is 0 Å². The van der Waals surface area contributed by atoms with Crippen LogP contribution in [0.5, 0.6) is 0 Å². The second-order valence-electron chi connectivity index (χ2n) is 2.95. The van der Waals surface area contributed by atoms with Crippen molar-refractivity contribution in [3.05, 3.63) is 0 Å². The molecule has 54 valence electrons. The van der Waals surface area contributed by atoms with Gasteiger partial charge in [0.2, 0.25) is 0 Å². The number of hydrogen-bond donors (Lipinski definition) is 1. The zero-order valence-electron chi connectivity index (χ0n) is 6.48. The maximum absolute atomic E-state index is 3.59. The Balaban J connectivity index is 2.20. The van der Waals surface area contributed by atoms with Crippen LogP contribution >= 0.6 is 0 Å². The van der Waals surface area contributed by atoms with Gasteiger partial charge in [-0.3, -0.25) is 0 Å². The molecule has 1 saturated heterocycles. The van der Waals surface area contributed by atoms with E-state index in [0.717, 1.165) is 12.1 Å². The predicted molar refractivity (Wildman–Crippen MR) is 40.5 cm³/mol.